The molecule has 0 radical (unpaired) electrons. The number of hydrogen-bond acceptors (Lipinski definition) is 2. The third kappa shape index (κ3) is 8.27. The summed E-state index contributed by atoms with van der Waals surface area (Å²) in [5.41, 5.74) is 0. The molecule has 2 aliphatic carbocycles. The van der Waals surface area contributed by atoms with Gasteiger partial charge in [-0.15, -0.1) is 0 Å². The zero-order valence-electron chi connectivity index (χ0n) is 17.4. The van der Waals surface area contributed by atoms with Crippen molar-refractivity contribution in [2.45, 2.75) is 116 Å². The van der Waals surface area contributed by atoms with Crippen LogP contribution in [0.5, 0.6) is 0 Å². The fraction of sp³-hybridized carbons (Fsp3) is 0.875. The summed E-state index contributed by atoms with van der Waals surface area (Å²) in [6.45, 7) is 4.49. The number of rotatable bonds is 10. The highest BCUT2D eigenvalue weighted by Gasteiger charge is 2.25. The first-order chi connectivity index (χ1) is 12.7. The molecule has 0 aliphatic heterocycles. The van der Waals surface area contributed by atoms with Crippen molar-refractivity contribution in [3.8, 4) is 0 Å². The Morgan fingerprint density at radius 3 is 1.88 bits per heavy atom. The van der Waals surface area contributed by atoms with E-state index in [2.05, 4.69) is 13.8 Å². The molecular formula is C24H42O2. The Hall–Kier alpha value is -0.790. The molecule has 0 aromatic carbocycles. The van der Waals surface area contributed by atoms with Gasteiger partial charge in [0.05, 0.1) is 0 Å². The number of ether oxygens (including phenoxy) is 1. The Bertz CT molecular complexity index is 398. The van der Waals surface area contributed by atoms with E-state index in [0.717, 1.165) is 43.4 Å². The monoisotopic (exact) mass is 362 g/mol. The Kier molecular flexibility index (Phi) is 10.4. The van der Waals surface area contributed by atoms with Gasteiger partial charge in [0.2, 0.25) is 0 Å². The zero-order chi connectivity index (χ0) is 18.6. The minimum Gasteiger partial charge on any atom is -0.459 e. The van der Waals surface area contributed by atoms with Crippen LogP contribution in [0.4, 0.5) is 0 Å². The number of allylic oxidation sites excluding steroid dienone is 1. The van der Waals surface area contributed by atoms with Crippen LogP contribution in [-0.4, -0.2) is 12.1 Å². The van der Waals surface area contributed by atoms with E-state index in [-0.39, 0.29) is 12.1 Å². The van der Waals surface area contributed by atoms with Gasteiger partial charge in [0.1, 0.15) is 6.10 Å². The van der Waals surface area contributed by atoms with Crippen LogP contribution in [-0.2, 0) is 9.53 Å². The molecule has 2 rings (SSSR count). The highest BCUT2D eigenvalue weighted by molar-refractivity contribution is 5.82. The largest absolute Gasteiger partial charge is 0.459 e. The van der Waals surface area contributed by atoms with Gasteiger partial charge in [-0.2, -0.15) is 0 Å². The summed E-state index contributed by atoms with van der Waals surface area (Å²) in [6.07, 6.45) is 23.3. The first-order valence-electron chi connectivity index (χ1n) is 11.6. The van der Waals surface area contributed by atoms with E-state index < -0.39 is 0 Å². The molecular weight excluding hydrogens is 320 g/mol. The zero-order valence-corrected chi connectivity index (χ0v) is 17.4. The van der Waals surface area contributed by atoms with Gasteiger partial charge in [0.15, 0.2) is 0 Å². The molecule has 0 heterocycles. The minimum atomic E-state index is -0.131. The number of unbranched alkanes of at least 4 members (excludes halogenated alkanes) is 2. The van der Waals surface area contributed by atoms with Crippen molar-refractivity contribution in [3.05, 3.63) is 12.2 Å². The van der Waals surface area contributed by atoms with Gasteiger partial charge >= 0.3 is 5.97 Å². The molecule has 0 atom stereocenters. The predicted molar refractivity (Wildman–Crippen MR) is 110 cm³/mol. The summed E-state index contributed by atoms with van der Waals surface area (Å²) < 4.78 is 5.62. The average Bonchev–Trinajstić information content (AvgIpc) is 2.66. The normalized spacial score (nSPS) is 29.8. The molecule has 0 spiro atoms. The molecule has 2 fully saturated rings. The van der Waals surface area contributed by atoms with E-state index in [1.807, 2.05) is 6.08 Å². The van der Waals surface area contributed by atoms with Gasteiger partial charge in [-0.3, -0.25) is 0 Å². The molecule has 2 heteroatoms. The van der Waals surface area contributed by atoms with Gasteiger partial charge in [-0.1, -0.05) is 84.1 Å². The SMILES string of the molecule is CCCC/C=C/C(=O)OC1CCC(CCC2CCC(CCC)CC2)CC1. The van der Waals surface area contributed by atoms with E-state index in [1.54, 1.807) is 6.08 Å². The molecule has 0 bridgehead atoms. The maximum absolute atomic E-state index is 11.9. The van der Waals surface area contributed by atoms with E-state index >= 15 is 0 Å². The molecule has 0 saturated heterocycles. The van der Waals surface area contributed by atoms with Gasteiger partial charge < -0.3 is 4.74 Å². The van der Waals surface area contributed by atoms with Gasteiger partial charge in [0.25, 0.3) is 0 Å². The lowest BCUT2D eigenvalue weighted by atomic mass is 9.76. The van der Waals surface area contributed by atoms with Gasteiger partial charge in [-0.05, 0) is 49.9 Å². The predicted octanol–water partition coefficient (Wildman–Crippen LogP) is 7.22. The molecule has 26 heavy (non-hydrogen) atoms. The molecule has 0 aromatic rings. The first-order valence-corrected chi connectivity index (χ1v) is 11.6. The lowest BCUT2D eigenvalue weighted by Crippen LogP contribution is -2.24. The second-order valence-electron chi connectivity index (χ2n) is 8.88. The fourth-order valence-electron chi connectivity index (χ4n) is 4.93. The van der Waals surface area contributed by atoms with Gasteiger partial charge in [0, 0.05) is 6.08 Å². The summed E-state index contributed by atoms with van der Waals surface area (Å²) in [5.74, 6) is 2.76. The first kappa shape index (κ1) is 21.5. The number of carbonyl (C=O) groups excluding carboxylic acids is 1. The second kappa shape index (κ2) is 12.6. The van der Waals surface area contributed by atoms with Crippen LogP contribution in [0.15, 0.2) is 12.2 Å². The molecule has 150 valence electrons. The van der Waals surface area contributed by atoms with Crippen molar-refractivity contribution < 1.29 is 9.53 Å². The fourth-order valence-corrected chi connectivity index (χ4v) is 4.93. The molecule has 2 nitrogen and oxygen atoms in total. The van der Waals surface area contributed by atoms with Crippen LogP contribution in [0.2, 0.25) is 0 Å². The Labute approximate surface area is 162 Å². The Morgan fingerprint density at radius 1 is 0.808 bits per heavy atom. The van der Waals surface area contributed by atoms with Crippen LogP contribution in [0.1, 0.15) is 110 Å². The molecule has 2 saturated carbocycles. The average molecular weight is 363 g/mol. The third-order valence-electron chi connectivity index (χ3n) is 6.70. The summed E-state index contributed by atoms with van der Waals surface area (Å²) in [4.78, 5) is 11.9. The Balaban J connectivity index is 1.54. The van der Waals surface area contributed by atoms with Crippen molar-refractivity contribution in [2.24, 2.45) is 17.8 Å². The van der Waals surface area contributed by atoms with Crippen molar-refractivity contribution in [3.63, 3.8) is 0 Å². The standard InChI is InChI=1S/C24H42O2/c1-3-5-6-7-9-24(25)26-23-18-16-22(17-19-23)15-14-21-12-10-20(8-4-2)11-13-21/h7,9,20-23H,3-6,8,10-19H2,1-2H3/b9-7+. The van der Waals surface area contributed by atoms with Crippen LogP contribution in [0, 0.1) is 17.8 Å². The molecule has 0 amide bonds. The molecule has 2 aliphatic rings. The number of carbonyl (C=O) groups is 1. The van der Waals surface area contributed by atoms with E-state index in [9.17, 15) is 4.79 Å². The lowest BCUT2D eigenvalue weighted by molar-refractivity contribution is -0.144. The lowest BCUT2D eigenvalue weighted by Gasteiger charge is -2.31. The molecule has 0 N–H and O–H groups in total. The van der Waals surface area contributed by atoms with E-state index in [4.69, 9.17) is 4.74 Å². The van der Waals surface area contributed by atoms with E-state index in [0.29, 0.717) is 0 Å². The Morgan fingerprint density at radius 2 is 1.35 bits per heavy atom. The van der Waals surface area contributed by atoms with Crippen LogP contribution in [0.3, 0.4) is 0 Å². The van der Waals surface area contributed by atoms with Crippen LogP contribution < -0.4 is 0 Å². The second-order valence-corrected chi connectivity index (χ2v) is 8.88. The number of hydrogen-bond donors (Lipinski definition) is 0. The summed E-state index contributed by atoms with van der Waals surface area (Å²) in [7, 11) is 0. The maximum atomic E-state index is 11.9. The topological polar surface area (TPSA) is 26.3 Å². The number of esters is 1. The van der Waals surface area contributed by atoms with Crippen molar-refractivity contribution in [1.82, 2.24) is 0 Å². The van der Waals surface area contributed by atoms with Gasteiger partial charge in [-0.25, -0.2) is 4.79 Å². The van der Waals surface area contributed by atoms with Crippen LogP contribution in [0.25, 0.3) is 0 Å². The highest BCUT2D eigenvalue weighted by atomic mass is 16.5. The molecule has 0 aromatic heterocycles. The van der Waals surface area contributed by atoms with Crippen molar-refractivity contribution >= 4 is 5.97 Å². The summed E-state index contributed by atoms with van der Waals surface area (Å²) >= 11 is 0. The van der Waals surface area contributed by atoms with Crippen LogP contribution >= 0.6 is 0 Å². The van der Waals surface area contributed by atoms with E-state index in [1.165, 1.54) is 70.6 Å². The summed E-state index contributed by atoms with van der Waals surface area (Å²) in [5, 5.41) is 0. The highest BCUT2D eigenvalue weighted by Crippen LogP contribution is 2.36. The van der Waals surface area contributed by atoms with Crippen molar-refractivity contribution in [2.75, 3.05) is 0 Å². The molecule has 0 unspecified atom stereocenters. The smallest absolute Gasteiger partial charge is 0.330 e. The maximum Gasteiger partial charge on any atom is 0.330 e. The third-order valence-corrected chi connectivity index (χ3v) is 6.70. The summed E-state index contributed by atoms with van der Waals surface area (Å²) in [6, 6.07) is 0. The van der Waals surface area contributed by atoms with Crippen molar-refractivity contribution in [1.29, 1.82) is 0 Å². The quantitative estimate of drug-likeness (QED) is 0.233. The minimum absolute atomic E-state index is 0.131.